The Morgan fingerprint density at radius 3 is 2.75 bits per heavy atom. The third-order valence-corrected chi connectivity index (χ3v) is 5.39. The lowest BCUT2D eigenvalue weighted by atomic mass is 10.2. The number of thiophene rings is 1. The number of hydrogen-bond acceptors (Lipinski definition) is 4. The molecule has 128 valence electrons. The number of hydrogen-bond donors (Lipinski definition) is 1. The Bertz CT molecular complexity index is 626. The van der Waals surface area contributed by atoms with Gasteiger partial charge in [0.1, 0.15) is 0 Å². The highest BCUT2D eigenvalue weighted by Crippen LogP contribution is 2.27. The molecule has 0 bridgehead atoms. The lowest BCUT2D eigenvalue weighted by Crippen LogP contribution is -2.42. The van der Waals surface area contributed by atoms with Gasteiger partial charge < -0.3 is 10.2 Å². The average molecular weight is 344 g/mol. The molecule has 1 fully saturated rings. The molecule has 5 nitrogen and oxygen atoms in total. The molecule has 2 aromatic heterocycles. The van der Waals surface area contributed by atoms with Crippen molar-refractivity contribution in [2.24, 2.45) is 0 Å². The normalized spacial score (nSPS) is 16.0. The Labute approximate surface area is 147 Å². The first kappa shape index (κ1) is 16.9. The van der Waals surface area contributed by atoms with Gasteiger partial charge in [0.25, 0.3) is 0 Å². The van der Waals surface area contributed by atoms with Gasteiger partial charge in [0.15, 0.2) is 0 Å². The lowest BCUT2D eigenvalue weighted by molar-refractivity contribution is 0.196. The summed E-state index contributed by atoms with van der Waals surface area (Å²) in [5, 5.41) is 5.21. The number of carbonyl (C=O) groups is 1. The molecular weight excluding hydrogens is 320 g/mol. The van der Waals surface area contributed by atoms with Gasteiger partial charge in [-0.3, -0.25) is 9.88 Å². The molecule has 0 aliphatic carbocycles. The summed E-state index contributed by atoms with van der Waals surface area (Å²) < 4.78 is 0. The van der Waals surface area contributed by atoms with Gasteiger partial charge in [-0.25, -0.2) is 4.79 Å². The Morgan fingerprint density at radius 2 is 2.08 bits per heavy atom. The highest BCUT2D eigenvalue weighted by molar-refractivity contribution is 7.10. The quantitative estimate of drug-likeness (QED) is 0.876. The maximum absolute atomic E-state index is 12.4. The van der Waals surface area contributed by atoms with Gasteiger partial charge in [-0.2, -0.15) is 0 Å². The molecule has 24 heavy (non-hydrogen) atoms. The molecule has 1 N–H and O–H groups in total. The number of likely N-dealkylation sites (tertiary alicyclic amines) is 1. The summed E-state index contributed by atoms with van der Waals surface area (Å²) in [6.07, 6.45) is 6.00. The number of amides is 2. The number of nitrogens with zero attached hydrogens (tertiary/aromatic N) is 3. The van der Waals surface area contributed by atoms with Gasteiger partial charge in [0.05, 0.1) is 6.04 Å². The Morgan fingerprint density at radius 1 is 1.33 bits per heavy atom. The van der Waals surface area contributed by atoms with Crippen molar-refractivity contribution < 1.29 is 4.79 Å². The molecule has 1 unspecified atom stereocenters. The van der Waals surface area contributed by atoms with Gasteiger partial charge in [-0.05, 0) is 55.1 Å². The van der Waals surface area contributed by atoms with Gasteiger partial charge >= 0.3 is 6.03 Å². The zero-order chi connectivity index (χ0) is 16.8. The molecule has 2 amide bonds. The zero-order valence-electron chi connectivity index (χ0n) is 14.0. The van der Waals surface area contributed by atoms with Crippen molar-refractivity contribution in [3.63, 3.8) is 0 Å². The van der Waals surface area contributed by atoms with Gasteiger partial charge in [-0.15, -0.1) is 11.3 Å². The van der Waals surface area contributed by atoms with Gasteiger partial charge in [0.2, 0.25) is 0 Å². The van der Waals surface area contributed by atoms with Crippen LogP contribution in [0.3, 0.4) is 0 Å². The minimum Gasteiger partial charge on any atom is -0.336 e. The molecule has 0 aromatic carbocycles. The second-order valence-electron chi connectivity index (χ2n) is 6.17. The Hall–Kier alpha value is -1.92. The van der Waals surface area contributed by atoms with Crippen LogP contribution in [0.25, 0.3) is 0 Å². The molecule has 2 aromatic rings. The fraction of sp³-hybridized carbons (Fsp3) is 0.444. The minimum atomic E-state index is -0.0347. The number of aromatic nitrogens is 1. The van der Waals surface area contributed by atoms with E-state index in [-0.39, 0.29) is 12.1 Å². The number of rotatable bonds is 6. The van der Waals surface area contributed by atoms with Crippen LogP contribution in [0.2, 0.25) is 0 Å². The molecule has 3 heterocycles. The molecular formula is C18H24N4OS. The first-order chi connectivity index (χ1) is 11.7. The highest BCUT2D eigenvalue weighted by Gasteiger charge is 2.25. The van der Waals surface area contributed by atoms with E-state index in [4.69, 9.17) is 0 Å². The summed E-state index contributed by atoms with van der Waals surface area (Å²) in [6, 6.07) is 8.37. The summed E-state index contributed by atoms with van der Waals surface area (Å²) in [6.45, 7) is 3.47. The van der Waals surface area contributed by atoms with E-state index in [1.807, 2.05) is 19.2 Å². The van der Waals surface area contributed by atoms with Crippen molar-refractivity contribution in [2.75, 3.05) is 26.7 Å². The van der Waals surface area contributed by atoms with E-state index in [0.29, 0.717) is 13.1 Å². The molecule has 6 heteroatoms. The maximum Gasteiger partial charge on any atom is 0.317 e. The van der Waals surface area contributed by atoms with Crippen LogP contribution in [-0.4, -0.2) is 47.5 Å². The van der Waals surface area contributed by atoms with E-state index in [1.165, 1.54) is 17.7 Å². The fourth-order valence-corrected chi connectivity index (χ4v) is 3.96. The number of pyridine rings is 1. The van der Waals surface area contributed by atoms with Gasteiger partial charge in [0, 0.05) is 37.4 Å². The van der Waals surface area contributed by atoms with E-state index < -0.39 is 0 Å². The second kappa shape index (κ2) is 8.26. The molecule has 1 atom stereocenters. The summed E-state index contributed by atoms with van der Waals surface area (Å²) in [4.78, 5) is 21.9. The van der Waals surface area contributed by atoms with Crippen LogP contribution in [0.1, 0.15) is 29.3 Å². The van der Waals surface area contributed by atoms with Crippen molar-refractivity contribution in [1.29, 1.82) is 0 Å². The highest BCUT2D eigenvalue weighted by atomic mass is 32.1. The van der Waals surface area contributed by atoms with Crippen molar-refractivity contribution in [2.45, 2.75) is 25.4 Å². The Kier molecular flexibility index (Phi) is 5.82. The lowest BCUT2D eigenvalue weighted by Gasteiger charge is -2.28. The SMILES string of the molecule is CN(Cc1ccncc1)C(=O)NCC(c1cccs1)N1CCCC1. The predicted octanol–water partition coefficient (Wildman–Crippen LogP) is 3.12. The molecule has 0 radical (unpaired) electrons. The molecule has 0 spiro atoms. The molecule has 0 saturated carbocycles. The monoisotopic (exact) mass is 344 g/mol. The number of nitrogens with one attached hydrogen (secondary N) is 1. The third kappa shape index (κ3) is 4.33. The van der Waals surface area contributed by atoms with Crippen molar-refractivity contribution >= 4 is 17.4 Å². The maximum atomic E-state index is 12.4. The van der Waals surface area contributed by atoms with E-state index in [1.54, 1.807) is 28.6 Å². The largest absolute Gasteiger partial charge is 0.336 e. The predicted molar refractivity (Wildman–Crippen MR) is 97.0 cm³/mol. The topological polar surface area (TPSA) is 48.5 Å². The van der Waals surface area contributed by atoms with Crippen molar-refractivity contribution in [3.05, 3.63) is 52.5 Å². The third-order valence-electron chi connectivity index (χ3n) is 4.42. The minimum absolute atomic E-state index is 0.0347. The zero-order valence-corrected chi connectivity index (χ0v) is 14.8. The second-order valence-corrected chi connectivity index (χ2v) is 7.15. The molecule has 1 aliphatic heterocycles. The van der Waals surface area contributed by atoms with Crippen LogP contribution in [0, 0.1) is 0 Å². The van der Waals surface area contributed by atoms with E-state index >= 15 is 0 Å². The summed E-state index contributed by atoms with van der Waals surface area (Å²) in [5.41, 5.74) is 1.08. The fourth-order valence-electron chi connectivity index (χ4n) is 3.10. The number of carbonyl (C=O) groups excluding carboxylic acids is 1. The first-order valence-corrected chi connectivity index (χ1v) is 9.27. The summed E-state index contributed by atoms with van der Waals surface area (Å²) in [5.74, 6) is 0. The smallest absolute Gasteiger partial charge is 0.317 e. The van der Waals surface area contributed by atoms with E-state index in [9.17, 15) is 4.79 Å². The van der Waals surface area contributed by atoms with Crippen LogP contribution < -0.4 is 5.32 Å². The first-order valence-electron chi connectivity index (χ1n) is 8.39. The van der Waals surface area contributed by atoms with E-state index in [0.717, 1.165) is 18.7 Å². The van der Waals surface area contributed by atoms with Crippen LogP contribution in [0.15, 0.2) is 42.0 Å². The number of urea groups is 1. The van der Waals surface area contributed by atoms with E-state index in [2.05, 4.69) is 32.7 Å². The summed E-state index contributed by atoms with van der Waals surface area (Å²) in [7, 11) is 1.83. The molecule has 1 aliphatic rings. The van der Waals surface area contributed by atoms with Crippen LogP contribution >= 0.6 is 11.3 Å². The van der Waals surface area contributed by atoms with Crippen LogP contribution in [0.4, 0.5) is 4.79 Å². The summed E-state index contributed by atoms with van der Waals surface area (Å²) >= 11 is 1.77. The van der Waals surface area contributed by atoms with Crippen molar-refractivity contribution in [3.8, 4) is 0 Å². The molecule has 1 saturated heterocycles. The standard InChI is InChI=1S/C18H24N4OS/c1-21(14-15-6-8-19-9-7-15)18(23)20-13-16(17-5-4-12-24-17)22-10-2-3-11-22/h4-9,12,16H,2-3,10-11,13-14H2,1H3,(H,20,23). The van der Waals surface area contributed by atoms with Crippen LogP contribution in [0.5, 0.6) is 0 Å². The van der Waals surface area contributed by atoms with Crippen LogP contribution in [-0.2, 0) is 6.54 Å². The van der Waals surface area contributed by atoms with Gasteiger partial charge in [-0.1, -0.05) is 6.07 Å². The molecule has 3 rings (SSSR count). The average Bonchev–Trinajstić information content (AvgIpc) is 3.30. The Balaban J connectivity index is 1.56. The van der Waals surface area contributed by atoms with Crippen molar-refractivity contribution in [1.82, 2.24) is 20.1 Å².